The summed E-state index contributed by atoms with van der Waals surface area (Å²) in [5, 5.41) is 14.8. The van der Waals surface area contributed by atoms with Crippen molar-refractivity contribution in [2.75, 3.05) is 33.4 Å². The van der Waals surface area contributed by atoms with Gasteiger partial charge < -0.3 is 25.4 Å². The lowest BCUT2D eigenvalue weighted by Gasteiger charge is -2.32. The molecule has 0 aromatic heterocycles. The highest BCUT2D eigenvalue weighted by molar-refractivity contribution is 5.85. The molecule has 24 heavy (non-hydrogen) atoms. The number of amides is 3. The molecule has 3 rings (SSSR count). The zero-order valence-electron chi connectivity index (χ0n) is 13.7. The second-order valence-electron chi connectivity index (χ2n) is 6.50. The number of hydrogen-bond donors (Lipinski definition) is 3. The fourth-order valence-corrected chi connectivity index (χ4v) is 3.11. The molecule has 0 radical (unpaired) electrons. The van der Waals surface area contributed by atoms with Crippen LogP contribution in [0.1, 0.15) is 18.4 Å². The number of urea groups is 1. The zero-order valence-corrected chi connectivity index (χ0v) is 13.7. The summed E-state index contributed by atoms with van der Waals surface area (Å²) in [4.78, 5) is 25.4. The Hall–Kier alpha value is -2.28. The number of aliphatic hydroxyl groups excluding tert-OH is 1. The molecule has 130 valence electrons. The molecular formula is C17H23N3O4. The van der Waals surface area contributed by atoms with Crippen LogP contribution in [0.4, 0.5) is 4.79 Å². The second-order valence-corrected chi connectivity index (χ2v) is 6.50. The van der Waals surface area contributed by atoms with E-state index in [2.05, 4.69) is 16.7 Å². The van der Waals surface area contributed by atoms with Crippen molar-refractivity contribution in [1.82, 2.24) is 15.5 Å². The lowest BCUT2D eigenvalue weighted by Crippen LogP contribution is -2.59. The van der Waals surface area contributed by atoms with Crippen LogP contribution in [0.3, 0.4) is 0 Å². The summed E-state index contributed by atoms with van der Waals surface area (Å²) >= 11 is 0. The molecular weight excluding hydrogens is 310 g/mol. The predicted molar refractivity (Wildman–Crippen MR) is 87.9 cm³/mol. The molecule has 0 spiro atoms. The SMILES string of the molecule is COc1cccc(C2(CNC(=O)N3CC(=O)N[C@H](CO)C3)CC2)c1. The fourth-order valence-electron chi connectivity index (χ4n) is 3.11. The van der Waals surface area contributed by atoms with Gasteiger partial charge in [-0.2, -0.15) is 0 Å². The van der Waals surface area contributed by atoms with Crippen LogP contribution in [0, 0.1) is 0 Å². The van der Waals surface area contributed by atoms with Gasteiger partial charge >= 0.3 is 6.03 Å². The Morgan fingerprint density at radius 2 is 2.29 bits per heavy atom. The highest BCUT2D eigenvalue weighted by Gasteiger charge is 2.45. The lowest BCUT2D eigenvalue weighted by molar-refractivity contribution is -0.125. The van der Waals surface area contributed by atoms with Crippen molar-refractivity contribution in [2.45, 2.75) is 24.3 Å². The molecule has 0 bridgehead atoms. The van der Waals surface area contributed by atoms with Crippen molar-refractivity contribution in [2.24, 2.45) is 0 Å². The Morgan fingerprint density at radius 3 is 2.96 bits per heavy atom. The van der Waals surface area contributed by atoms with E-state index < -0.39 is 6.04 Å². The van der Waals surface area contributed by atoms with Crippen LogP contribution in [0.15, 0.2) is 24.3 Å². The van der Waals surface area contributed by atoms with E-state index in [1.165, 1.54) is 4.90 Å². The highest BCUT2D eigenvalue weighted by atomic mass is 16.5. The molecule has 1 aromatic rings. The van der Waals surface area contributed by atoms with E-state index in [4.69, 9.17) is 4.74 Å². The summed E-state index contributed by atoms with van der Waals surface area (Å²) in [6.45, 7) is 0.693. The highest BCUT2D eigenvalue weighted by Crippen LogP contribution is 2.48. The van der Waals surface area contributed by atoms with Gasteiger partial charge in [-0.1, -0.05) is 12.1 Å². The van der Waals surface area contributed by atoms with Crippen molar-refractivity contribution >= 4 is 11.9 Å². The summed E-state index contributed by atoms with van der Waals surface area (Å²) < 4.78 is 5.27. The Kier molecular flexibility index (Phi) is 4.62. The van der Waals surface area contributed by atoms with Crippen molar-refractivity contribution in [3.63, 3.8) is 0 Å². The lowest BCUT2D eigenvalue weighted by atomic mass is 9.96. The van der Waals surface area contributed by atoms with E-state index in [-0.39, 0.29) is 30.5 Å². The first-order chi connectivity index (χ1) is 11.6. The third kappa shape index (κ3) is 3.46. The Morgan fingerprint density at radius 1 is 1.50 bits per heavy atom. The third-order valence-electron chi connectivity index (χ3n) is 4.76. The number of ether oxygens (including phenoxy) is 1. The van der Waals surface area contributed by atoms with E-state index >= 15 is 0 Å². The predicted octanol–water partition coefficient (Wildman–Crippen LogP) is 0.229. The Labute approximate surface area is 141 Å². The molecule has 2 fully saturated rings. The molecule has 2 aliphatic rings. The summed E-state index contributed by atoms with van der Waals surface area (Å²) in [5.74, 6) is 0.563. The van der Waals surface area contributed by atoms with Gasteiger partial charge in [0.05, 0.1) is 19.8 Å². The van der Waals surface area contributed by atoms with E-state index in [1.54, 1.807) is 7.11 Å². The van der Waals surface area contributed by atoms with Crippen LogP contribution in [-0.2, 0) is 10.2 Å². The average molecular weight is 333 g/mol. The Bertz CT molecular complexity index is 630. The number of carbonyl (C=O) groups excluding carboxylic acids is 2. The van der Waals surface area contributed by atoms with E-state index in [0.29, 0.717) is 13.1 Å². The number of rotatable bonds is 5. The first-order valence-corrected chi connectivity index (χ1v) is 8.14. The number of carbonyl (C=O) groups is 2. The Balaban J connectivity index is 1.60. The van der Waals surface area contributed by atoms with Crippen LogP contribution >= 0.6 is 0 Å². The van der Waals surface area contributed by atoms with E-state index in [1.807, 2.05) is 18.2 Å². The van der Waals surface area contributed by atoms with Gasteiger partial charge in [-0.25, -0.2) is 4.79 Å². The second kappa shape index (κ2) is 6.68. The van der Waals surface area contributed by atoms with Gasteiger partial charge in [0.25, 0.3) is 0 Å². The average Bonchev–Trinajstić information content (AvgIpc) is 3.40. The maximum absolute atomic E-state index is 12.4. The zero-order chi connectivity index (χ0) is 17.2. The maximum atomic E-state index is 12.4. The van der Waals surface area contributed by atoms with Crippen molar-refractivity contribution in [3.05, 3.63) is 29.8 Å². The number of piperazine rings is 1. The minimum atomic E-state index is -0.398. The first kappa shape index (κ1) is 16.6. The summed E-state index contributed by atoms with van der Waals surface area (Å²) in [7, 11) is 1.64. The minimum Gasteiger partial charge on any atom is -0.497 e. The van der Waals surface area contributed by atoms with Gasteiger partial charge in [-0.05, 0) is 30.5 Å². The van der Waals surface area contributed by atoms with Crippen molar-refractivity contribution in [1.29, 1.82) is 0 Å². The molecule has 1 heterocycles. The molecule has 7 heteroatoms. The topological polar surface area (TPSA) is 90.9 Å². The summed E-state index contributed by atoms with van der Waals surface area (Å²) in [5.41, 5.74) is 1.12. The number of benzene rings is 1. The monoisotopic (exact) mass is 333 g/mol. The minimum absolute atomic E-state index is 0.0223. The van der Waals surface area contributed by atoms with E-state index in [0.717, 1.165) is 24.2 Å². The normalized spacial score (nSPS) is 21.8. The van der Waals surface area contributed by atoms with Gasteiger partial charge in [0, 0.05) is 18.5 Å². The number of hydrogen-bond acceptors (Lipinski definition) is 4. The van der Waals surface area contributed by atoms with Crippen LogP contribution < -0.4 is 15.4 Å². The van der Waals surface area contributed by atoms with Crippen LogP contribution in [0.2, 0.25) is 0 Å². The van der Waals surface area contributed by atoms with Crippen LogP contribution in [0.25, 0.3) is 0 Å². The number of nitrogens with zero attached hydrogens (tertiary/aromatic N) is 1. The molecule has 1 saturated heterocycles. The van der Waals surface area contributed by atoms with Gasteiger partial charge in [0.2, 0.25) is 5.91 Å². The smallest absolute Gasteiger partial charge is 0.317 e. The number of methoxy groups -OCH3 is 1. The summed E-state index contributed by atoms with van der Waals surface area (Å²) in [6.07, 6.45) is 2.03. The molecule has 1 saturated carbocycles. The third-order valence-corrected chi connectivity index (χ3v) is 4.76. The summed E-state index contributed by atoms with van der Waals surface area (Å²) in [6, 6.07) is 7.26. The number of nitrogens with one attached hydrogen (secondary N) is 2. The first-order valence-electron chi connectivity index (χ1n) is 8.14. The van der Waals surface area contributed by atoms with Gasteiger partial charge in [0.1, 0.15) is 12.3 Å². The molecule has 1 aliphatic carbocycles. The maximum Gasteiger partial charge on any atom is 0.317 e. The van der Waals surface area contributed by atoms with Gasteiger partial charge in [0.15, 0.2) is 0 Å². The van der Waals surface area contributed by atoms with Crippen LogP contribution in [-0.4, -0.2) is 61.3 Å². The van der Waals surface area contributed by atoms with Crippen molar-refractivity contribution in [3.8, 4) is 5.75 Å². The molecule has 1 aromatic carbocycles. The molecule has 0 unspecified atom stereocenters. The van der Waals surface area contributed by atoms with Crippen molar-refractivity contribution < 1.29 is 19.4 Å². The van der Waals surface area contributed by atoms with Gasteiger partial charge in [-0.3, -0.25) is 4.79 Å². The fraction of sp³-hybridized carbons (Fsp3) is 0.529. The van der Waals surface area contributed by atoms with E-state index in [9.17, 15) is 14.7 Å². The van der Waals surface area contributed by atoms with Crippen LogP contribution in [0.5, 0.6) is 5.75 Å². The largest absolute Gasteiger partial charge is 0.497 e. The molecule has 3 amide bonds. The molecule has 7 nitrogen and oxygen atoms in total. The number of aliphatic hydroxyl groups is 1. The van der Waals surface area contributed by atoms with Gasteiger partial charge in [-0.15, -0.1) is 0 Å². The quantitative estimate of drug-likeness (QED) is 0.719. The standard InChI is InChI=1S/C17H23N3O4/c1-24-14-4-2-3-12(7-14)17(5-6-17)11-18-16(23)20-8-13(10-21)19-15(22)9-20/h2-4,7,13,21H,5-6,8-11H2,1H3,(H,18,23)(H,19,22)/t13-/m0/s1. The molecule has 1 atom stereocenters. The molecule has 3 N–H and O–H groups in total. The molecule has 1 aliphatic heterocycles.